The molecule has 3 heterocycles. The average molecular weight is 475 g/mol. The third-order valence-electron chi connectivity index (χ3n) is 6.20. The second kappa shape index (κ2) is 7.05. The summed E-state index contributed by atoms with van der Waals surface area (Å²) in [6, 6.07) is 4.48. The number of hydrogen-bond acceptors (Lipinski definition) is 2. The number of rotatable bonds is 2. The molecule has 0 unspecified atom stereocenters. The van der Waals surface area contributed by atoms with Gasteiger partial charge in [0, 0.05) is 29.8 Å². The van der Waals surface area contributed by atoms with Crippen molar-refractivity contribution < 1.29 is 31.1 Å². The van der Waals surface area contributed by atoms with Gasteiger partial charge in [-0.1, -0.05) is 17.7 Å². The van der Waals surface area contributed by atoms with Crippen molar-refractivity contribution in [3.8, 4) is 0 Å². The Labute approximate surface area is 183 Å². The summed E-state index contributed by atoms with van der Waals surface area (Å²) in [7, 11) is 0. The van der Waals surface area contributed by atoms with E-state index in [1.165, 1.54) is 0 Å². The average Bonchev–Trinajstić information content (AvgIpc) is 3.30. The highest BCUT2D eigenvalue weighted by molar-refractivity contribution is 6.35. The molecule has 2 aliphatic heterocycles. The molecule has 1 N–H and O–H groups in total. The van der Waals surface area contributed by atoms with Gasteiger partial charge >= 0.3 is 12.4 Å². The molecule has 2 aliphatic rings. The van der Waals surface area contributed by atoms with Gasteiger partial charge in [-0.3, -0.25) is 0 Å². The van der Waals surface area contributed by atoms with E-state index in [1.807, 2.05) is 17.7 Å². The summed E-state index contributed by atoms with van der Waals surface area (Å²) in [4.78, 5) is 0. The van der Waals surface area contributed by atoms with E-state index in [-0.39, 0.29) is 23.9 Å². The maximum absolute atomic E-state index is 13.3. The van der Waals surface area contributed by atoms with E-state index >= 15 is 0 Å². The molecule has 0 aliphatic carbocycles. The Bertz CT molecular complexity index is 1180. The van der Waals surface area contributed by atoms with Crippen LogP contribution in [-0.2, 0) is 17.1 Å². The quantitative estimate of drug-likeness (QED) is 0.393. The van der Waals surface area contributed by atoms with E-state index in [0.717, 1.165) is 22.0 Å². The molecule has 0 bridgehead atoms. The zero-order valence-corrected chi connectivity index (χ0v) is 17.4. The van der Waals surface area contributed by atoms with Gasteiger partial charge in [-0.25, -0.2) is 0 Å². The van der Waals surface area contributed by atoms with Crippen molar-refractivity contribution in [2.75, 3.05) is 11.9 Å². The van der Waals surface area contributed by atoms with Crippen molar-refractivity contribution in [3.63, 3.8) is 0 Å². The molecule has 3 nitrogen and oxygen atoms in total. The second-order valence-electron chi connectivity index (χ2n) is 8.21. The predicted octanol–water partition coefficient (Wildman–Crippen LogP) is 7.34. The minimum absolute atomic E-state index is 0.128. The topological polar surface area (TPSA) is 26.2 Å². The maximum atomic E-state index is 13.3. The van der Waals surface area contributed by atoms with Crippen molar-refractivity contribution >= 4 is 28.2 Å². The molecule has 170 valence electrons. The number of nitrogens with one attached hydrogen (secondary N) is 1. The summed E-state index contributed by atoms with van der Waals surface area (Å²) in [6.45, 7) is 2.33. The Hall–Kier alpha value is -2.39. The van der Waals surface area contributed by atoms with E-state index in [0.29, 0.717) is 30.2 Å². The standard InChI is InChI=1S/C22H17ClF6N2O/c1-10-9-31-19-14(2-3-16(23)17(10)19)18(15-4-5-32-20(15)31)30-13-7-11(21(24,25)26)6-12(8-13)22(27,28)29/h2-3,6-9,15,18,20,30H,4-5H2,1H3/t15-,18-,20-/m0/s1. The Morgan fingerprint density at radius 3 is 2.31 bits per heavy atom. The predicted molar refractivity (Wildman–Crippen MR) is 108 cm³/mol. The van der Waals surface area contributed by atoms with Crippen molar-refractivity contribution in [2.24, 2.45) is 5.92 Å². The zero-order chi connectivity index (χ0) is 23.0. The smallest absolute Gasteiger partial charge is 0.378 e. The number of alkyl halides is 6. The van der Waals surface area contributed by atoms with Gasteiger partial charge in [-0.05, 0) is 48.7 Å². The molecule has 1 aromatic heterocycles. The van der Waals surface area contributed by atoms with Crippen LogP contribution in [0.3, 0.4) is 0 Å². The normalized spacial score (nSPS) is 22.9. The van der Waals surface area contributed by atoms with Gasteiger partial charge in [0.1, 0.15) is 6.23 Å². The van der Waals surface area contributed by atoms with E-state index in [9.17, 15) is 26.3 Å². The van der Waals surface area contributed by atoms with Crippen molar-refractivity contribution in [1.29, 1.82) is 0 Å². The molecule has 0 saturated carbocycles. The first-order chi connectivity index (χ1) is 14.9. The minimum Gasteiger partial charge on any atom is -0.378 e. The second-order valence-corrected chi connectivity index (χ2v) is 8.62. The highest BCUT2D eigenvalue weighted by Gasteiger charge is 2.43. The lowest BCUT2D eigenvalue weighted by atomic mass is 9.86. The largest absolute Gasteiger partial charge is 0.416 e. The highest BCUT2D eigenvalue weighted by atomic mass is 35.5. The molecular weight excluding hydrogens is 458 g/mol. The number of fused-ring (bicyclic) bond motifs is 2. The molecule has 3 aromatic rings. The molecular formula is C22H17ClF6N2O. The van der Waals surface area contributed by atoms with E-state index in [2.05, 4.69) is 5.32 Å². The van der Waals surface area contributed by atoms with Gasteiger partial charge in [0.15, 0.2) is 0 Å². The van der Waals surface area contributed by atoms with Crippen molar-refractivity contribution in [3.05, 3.63) is 63.8 Å². The van der Waals surface area contributed by atoms with Crippen LogP contribution in [-0.4, -0.2) is 11.2 Å². The molecule has 5 rings (SSSR count). The number of ether oxygens (including phenoxy) is 1. The van der Waals surface area contributed by atoms with Crippen LogP contribution in [0.1, 0.15) is 40.9 Å². The summed E-state index contributed by atoms with van der Waals surface area (Å²) in [5.74, 6) is -0.178. The number of hydrogen-bond donors (Lipinski definition) is 1. The monoisotopic (exact) mass is 474 g/mol. The fraction of sp³-hybridized carbons (Fsp3) is 0.364. The lowest BCUT2D eigenvalue weighted by Gasteiger charge is -2.36. The van der Waals surface area contributed by atoms with Crippen LogP contribution in [0.4, 0.5) is 32.0 Å². The number of aromatic nitrogens is 1. The van der Waals surface area contributed by atoms with Crippen LogP contribution >= 0.6 is 11.6 Å². The first-order valence-electron chi connectivity index (χ1n) is 9.92. The van der Waals surface area contributed by atoms with Gasteiger partial charge in [0.2, 0.25) is 0 Å². The molecule has 3 atom stereocenters. The fourth-order valence-corrected chi connectivity index (χ4v) is 5.17. The van der Waals surface area contributed by atoms with Crippen LogP contribution in [0.25, 0.3) is 10.9 Å². The van der Waals surface area contributed by atoms with E-state index < -0.39 is 29.5 Å². The summed E-state index contributed by atoms with van der Waals surface area (Å²) in [5.41, 5.74) is -0.507. The number of anilines is 1. The fourth-order valence-electron chi connectivity index (χ4n) is 4.87. The van der Waals surface area contributed by atoms with E-state index in [1.54, 1.807) is 12.1 Å². The summed E-state index contributed by atoms with van der Waals surface area (Å²) >= 11 is 6.40. The molecule has 1 fully saturated rings. The number of halogens is 7. The highest BCUT2D eigenvalue weighted by Crippen LogP contribution is 2.50. The van der Waals surface area contributed by atoms with Gasteiger partial charge in [-0.15, -0.1) is 0 Å². The van der Waals surface area contributed by atoms with Crippen molar-refractivity contribution in [1.82, 2.24) is 4.57 Å². The molecule has 2 aromatic carbocycles. The number of benzene rings is 2. The lowest BCUT2D eigenvalue weighted by molar-refractivity contribution is -0.143. The van der Waals surface area contributed by atoms with Gasteiger partial charge in [0.05, 0.1) is 27.7 Å². The SMILES string of the molecule is Cc1cn2c3c(ccc(Cl)c13)[C@H](Nc1cc(C(F)(F)F)cc(C(F)(F)F)c1)[C@@H]1CCO[C@@H]12. The van der Waals surface area contributed by atoms with Gasteiger partial charge < -0.3 is 14.6 Å². The van der Waals surface area contributed by atoms with Crippen LogP contribution < -0.4 is 5.32 Å². The molecule has 0 amide bonds. The summed E-state index contributed by atoms with van der Waals surface area (Å²) in [6.07, 6.45) is -7.69. The van der Waals surface area contributed by atoms with Crippen LogP contribution in [0.2, 0.25) is 5.02 Å². The summed E-state index contributed by atoms with van der Waals surface area (Å²) < 4.78 is 87.8. The Kier molecular flexibility index (Phi) is 4.73. The van der Waals surface area contributed by atoms with Gasteiger partial charge in [-0.2, -0.15) is 26.3 Å². The van der Waals surface area contributed by atoms with Crippen LogP contribution in [0.15, 0.2) is 36.5 Å². The third kappa shape index (κ3) is 3.33. The molecule has 1 saturated heterocycles. The van der Waals surface area contributed by atoms with E-state index in [4.69, 9.17) is 16.3 Å². The number of nitrogens with zero attached hydrogens (tertiary/aromatic N) is 1. The minimum atomic E-state index is -4.91. The molecule has 0 radical (unpaired) electrons. The maximum Gasteiger partial charge on any atom is 0.416 e. The molecule has 0 spiro atoms. The first kappa shape index (κ1) is 21.5. The zero-order valence-electron chi connectivity index (χ0n) is 16.6. The number of aryl methyl sites for hydroxylation is 1. The molecule has 32 heavy (non-hydrogen) atoms. The van der Waals surface area contributed by atoms with Crippen LogP contribution in [0.5, 0.6) is 0 Å². The van der Waals surface area contributed by atoms with Crippen molar-refractivity contribution in [2.45, 2.75) is 38.0 Å². The molecule has 10 heteroatoms. The Balaban J connectivity index is 1.66. The third-order valence-corrected chi connectivity index (χ3v) is 6.51. The first-order valence-corrected chi connectivity index (χ1v) is 10.3. The summed E-state index contributed by atoms with van der Waals surface area (Å²) in [5, 5.41) is 4.29. The Morgan fingerprint density at radius 1 is 1.03 bits per heavy atom. The van der Waals surface area contributed by atoms with Crippen LogP contribution in [0, 0.1) is 12.8 Å². The Morgan fingerprint density at radius 2 is 1.69 bits per heavy atom. The lowest BCUT2D eigenvalue weighted by Crippen LogP contribution is -2.31. The van der Waals surface area contributed by atoms with Gasteiger partial charge in [0.25, 0.3) is 0 Å².